The second kappa shape index (κ2) is 7.41. The molecular weight excluding hydrogens is 384 g/mol. The highest BCUT2D eigenvalue weighted by Crippen LogP contribution is 2.25. The fraction of sp³-hybridized carbons (Fsp3) is 0.200. The maximum absolute atomic E-state index is 12.3. The molecule has 0 aliphatic carbocycles. The van der Waals surface area contributed by atoms with Gasteiger partial charge >= 0.3 is 11.7 Å². The molecule has 142 valence electrons. The van der Waals surface area contributed by atoms with Crippen molar-refractivity contribution in [3.63, 3.8) is 0 Å². The zero-order valence-corrected chi connectivity index (χ0v) is 14.8. The van der Waals surface area contributed by atoms with Crippen LogP contribution in [0.4, 0.5) is 11.5 Å². The van der Waals surface area contributed by atoms with Gasteiger partial charge in [-0.05, 0) is 12.1 Å². The topological polar surface area (TPSA) is 157 Å². The van der Waals surface area contributed by atoms with Gasteiger partial charge in [0.1, 0.15) is 16.4 Å². The third-order valence-corrected chi connectivity index (χ3v) is 4.02. The number of carbonyl (C=O) groups excluding carboxylic acids is 2. The van der Waals surface area contributed by atoms with Gasteiger partial charge in [-0.2, -0.15) is 0 Å². The predicted octanol–water partition coefficient (Wildman–Crippen LogP) is 0.267. The lowest BCUT2D eigenvalue weighted by Crippen LogP contribution is -2.42. The fourth-order valence-corrected chi connectivity index (χ4v) is 2.37. The molecular formula is C15H13ClN4O7. The number of Topliss-reactive ketones (excluding diaryl/α,β-unsaturated/α-hetero) is 1. The lowest BCUT2D eigenvalue weighted by Gasteiger charge is -2.11. The number of nitrogens with zero attached hydrogens (tertiary/aromatic N) is 3. The van der Waals surface area contributed by atoms with Gasteiger partial charge in [0.2, 0.25) is 5.78 Å². The molecule has 0 aliphatic rings. The summed E-state index contributed by atoms with van der Waals surface area (Å²) in [5.74, 6) is -2.34. The first kappa shape index (κ1) is 19.8. The molecule has 2 N–H and O–H groups in total. The molecule has 0 bridgehead atoms. The zero-order chi connectivity index (χ0) is 20.5. The lowest BCUT2D eigenvalue weighted by molar-refractivity contribution is -0.384. The Labute approximate surface area is 155 Å². The maximum atomic E-state index is 12.3. The fourth-order valence-electron chi connectivity index (χ4n) is 2.19. The maximum Gasteiger partial charge on any atom is 0.338 e. The van der Waals surface area contributed by atoms with Crippen LogP contribution in [0.3, 0.4) is 0 Å². The number of halogens is 1. The van der Waals surface area contributed by atoms with E-state index in [2.05, 4.69) is 0 Å². The van der Waals surface area contributed by atoms with Crippen molar-refractivity contribution in [2.45, 2.75) is 0 Å². The van der Waals surface area contributed by atoms with Crippen LogP contribution < -0.4 is 17.0 Å². The molecule has 2 aromatic rings. The van der Waals surface area contributed by atoms with Crippen molar-refractivity contribution in [3.05, 3.63) is 65.3 Å². The van der Waals surface area contributed by atoms with Crippen molar-refractivity contribution in [3.8, 4) is 0 Å². The number of esters is 1. The molecule has 11 nitrogen and oxygen atoms in total. The zero-order valence-electron chi connectivity index (χ0n) is 14.1. The van der Waals surface area contributed by atoms with Crippen molar-refractivity contribution < 1.29 is 19.2 Å². The summed E-state index contributed by atoms with van der Waals surface area (Å²) < 4.78 is 6.38. The molecule has 0 saturated carbocycles. The van der Waals surface area contributed by atoms with Crippen LogP contribution in [0.15, 0.2) is 27.8 Å². The predicted molar refractivity (Wildman–Crippen MR) is 94.1 cm³/mol. The Morgan fingerprint density at radius 3 is 2.48 bits per heavy atom. The summed E-state index contributed by atoms with van der Waals surface area (Å²) in [6, 6.07) is 3.22. The lowest BCUT2D eigenvalue weighted by atomic mass is 10.2. The second-order valence-corrected chi connectivity index (χ2v) is 5.80. The Kier molecular flexibility index (Phi) is 5.45. The number of hydrogen-bond donors (Lipinski definition) is 1. The van der Waals surface area contributed by atoms with Gasteiger partial charge in [-0.25, -0.2) is 9.59 Å². The number of ether oxygens (including phenoxy) is 1. The van der Waals surface area contributed by atoms with Gasteiger partial charge in [0.25, 0.3) is 11.2 Å². The number of aromatic nitrogens is 2. The van der Waals surface area contributed by atoms with E-state index < -0.39 is 45.8 Å². The number of anilines is 1. The van der Waals surface area contributed by atoms with Crippen molar-refractivity contribution in [1.82, 2.24) is 9.13 Å². The largest absolute Gasteiger partial charge is 0.454 e. The van der Waals surface area contributed by atoms with Crippen LogP contribution in [-0.4, -0.2) is 32.4 Å². The number of nitro benzene ring substituents is 1. The number of carbonyl (C=O) groups is 2. The van der Waals surface area contributed by atoms with Gasteiger partial charge in [-0.3, -0.25) is 28.8 Å². The monoisotopic (exact) mass is 396 g/mol. The SMILES string of the molecule is Cn1c(N)c(C(=O)COC(=O)c2ccc(Cl)c([N+](=O)[O-])c2)c(=O)n(C)c1=O. The Balaban J connectivity index is 2.26. The Bertz CT molecular complexity index is 1090. The number of nitrogens with two attached hydrogens (primary N) is 1. The normalized spacial score (nSPS) is 10.5. The quantitative estimate of drug-likeness (QED) is 0.326. The summed E-state index contributed by atoms with van der Waals surface area (Å²) in [5.41, 5.74) is 2.77. The Morgan fingerprint density at radius 2 is 1.89 bits per heavy atom. The molecule has 0 unspecified atom stereocenters. The molecule has 0 saturated heterocycles. The van der Waals surface area contributed by atoms with Gasteiger partial charge in [-0.15, -0.1) is 0 Å². The number of nitrogen functional groups attached to an aromatic ring is 1. The van der Waals surface area contributed by atoms with Crippen LogP contribution in [0, 0.1) is 10.1 Å². The molecule has 1 aromatic carbocycles. The summed E-state index contributed by atoms with van der Waals surface area (Å²) >= 11 is 5.65. The Morgan fingerprint density at radius 1 is 1.26 bits per heavy atom. The van der Waals surface area contributed by atoms with E-state index in [1.54, 1.807) is 0 Å². The molecule has 2 rings (SSSR count). The van der Waals surface area contributed by atoms with Crippen LogP contribution in [0.1, 0.15) is 20.7 Å². The average molecular weight is 397 g/mol. The molecule has 1 aromatic heterocycles. The first-order valence-electron chi connectivity index (χ1n) is 7.26. The van der Waals surface area contributed by atoms with Gasteiger partial charge in [0, 0.05) is 20.2 Å². The van der Waals surface area contributed by atoms with E-state index in [1.807, 2.05) is 0 Å². The number of ketones is 1. The molecule has 1 heterocycles. The molecule has 0 atom stereocenters. The summed E-state index contributed by atoms with van der Waals surface area (Å²) in [5, 5.41) is 10.7. The van der Waals surface area contributed by atoms with E-state index in [9.17, 15) is 29.3 Å². The smallest absolute Gasteiger partial charge is 0.338 e. The number of benzene rings is 1. The van der Waals surface area contributed by atoms with Crippen LogP contribution in [0.5, 0.6) is 0 Å². The molecule has 27 heavy (non-hydrogen) atoms. The highest BCUT2D eigenvalue weighted by molar-refractivity contribution is 6.32. The second-order valence-electron chi connectivity index (χ2n) is 5.39. The van der Waals surface area contributed by atoms with E-state index in [1.165, 1.54) is 20.2 Å². The van der Waals surface area contributed by atoms with Crippen molar-refractivity contribution >= 4 is 34.9 Å². The van der Waals surface area contributed by atoms with Gasteiger partial charge in [0.05, 0.1) is 10.5 Å². The van der Waals surface area contributed by atoms with Crippen molar-refractivity contribution in [2.24, 2.45) is 14.1 Å². The van der Waals surface area contributed by atoms with E-state index in [-0.39, 0.29) is 16.4 Å². The average Bonchev–Trinajstić information content (AvgIpc) is 2.63. The van der Waals surface area contributed by atoms with E-state index >= 15 is 0 Å². The third kappa shape index (κ3) is 3.72. The Hall–Kier alpha value is -3.47. The van der Waals surface area contributed by atoms with Crippen molar-refractivity contribution in [2.75, 3.05) is 12.3 Å². The molecule has 0 radical (unpaired) electrons. The highest BCUT2D eigenvalue weighted by Gasteiger charge is 2.22. The molecule has 0 amide bonds. The summed E-state index contributed by atoms with van der Waals surface area (Å²) in [6.07, 6.45) is 0. The number of nitro groups is 1. The minimum absolute atomic E-state index is 0.172. The van der Waals surface area contributed by atoms with Gasteiger partial charge in [-0.1, -0.05) is 11.6 Å². The number of hydrogen-bond acceptors (Lipinski definition) is 8. The molecule has 0 aliphatic heterocycles. The summed E-state index contributed by atoms with van der Waals surface area (Å²) in [6.45, 7) is -0.854. The van der Waals surface area contributed by atoms with E-state index in [4.69, 9.17) is 22.1 Å². The molecule has 0 spiro atoms. The summed E-state index contributed by atoms with van der Waals surface area (Å²) in [4.78, 5) is 58.2. The van der Waals surface area contributed by atoms with E-state index in [0.717, 1.165) is 16.7 Å². The third-order valence-electron chi connectivity index (χ3n) is 3.70. The molecule has 12 heteroatoms. The van der Waals surface area contributed by atoms with Crippen LogP contribution in [-0.2, 0) is 18.8 Å². The van der Waals surface area contributed by atoms with Crippen LogP contribution in [0.2, 0.25) is 5.02 Å². The summed E-state index contributed by atoms with van der Waals surface area (Å²) in [7, 11) is 2.44. The van der Waals surface area contributed by atoms with Crippen LogP contribution in [0.25, 0.3) is 0 Å². The van der Waals surface area contributed by atoms with E-state index in [0.29, 0.717) is 4.57 Å². The molecule has 0 fully saturated rings. The number of rotatable bonds is 5. The standard InChI is InChI=1S/C15H13ClN4O7/c1-18-12(17)11(13(22)19(2)15(18)24)10(21)6-27-14(23)7-3-4-8(16)9(5-7)20(25)26/h3-5H,6,17H2,1-2H3. The first-order valence-corrected chi connectivity index (χ1v) is 7.63. The minimum atomic E-state index is -1.04. The minimum Gasteiger partial charge on any atom is -0.454 e. The van der Waals surface area contributed by atoms with Crippen molar-refractivity contribution in [1.29, 1.82) is 0 Å². The van der Waals surface area contributed by atoms with Gasteiger partial charge < -0.3 is 10.5 Å². The van der Waals surface area contributed by atoms with Gasteiger partial charge in [0.15, 0.2) is 6.61 Å². The first-order chi connectivity index (χ1) is 12.6. The highest BCUT2D eigenvalue weighted by atomic mass is 35.5. The van der Waals surface area contributed by atoms with Crippen LogP contribution >= 0.6 is 11.6 Å².